The number of hydrogen-bond acceptors (Lipinski definition) is 5. The molecule has 3 fully saturated rings. The molecule has 7 heteroatoms. The lowest BCUT2D eigenvalue weighted by molar-refractivity contribution is -0.143. The second-order valence-electron chi connectivity index (χ2n) is 11.0. The average molecular weight is 463 g/mol. The molecule has 0 aromatic rings. The van der Waals surface area contributed by atoms with Crippen molar-refractivity contribution in [3.05, 3.63) is 0 Å². The van der Waals surface area contributed by atoms with Gasteiger partial charge in [-0.1, -0.05) is 27.2 Å². The highest BCUT2D eigenvalue weighted by Gasteiger charge is 2.48. The summed E-state index contributed by atoms with van der Waals surface area (Å²) in [5, 5.41) is 2.99. The molecule has 2 heterocycles. The summed E-state index contributed by atoms with van der Waals surface area (Å²) in [6, 6.07) is -0.974. The van der Waals surface area contributed by atoms with Gasteiger partial charge >= 0.3 is 0 Å². The summed E-state index contributed by atoms with van der Waals surface area (Å²) < 4.78 is 5.80. The molecule has 186 valence electrons. The first-order valence-electron chi connectivity index (χ1n) is 13.0. The van der Waals surface area contributed by atoms with Crippen molar-refractivity contribution in [2.45, 2.75) is 103 Å². The Balaban J connectivity index is 1.73. The van der Waals surface area contributed by atoms with E-state index in [0.29, 0.717) is 32.4 Å². The minimum Gasteiger partial charge on any atom is -0.381 e. The summed E-state index contributed by atoms with van der Waals surface area (Å²) in [6.07, 6.45) is 7.83. The third-order valence-corrected chi connectivity index (χ3v) is 7.45. The Hall–Kier alpha value is -1.76. The molecule has 3 aliphatic rings. The summed E-state index contributed by atoms with van der Waals surface area (Å²) in [7, 11) is 0. The Morgan fingerprint density at radius 1 is 1.12 bits per heavy atom. The van der Waals surface area contributed by atoms with E-state index in [9.17, 15) is 19.2 Å². The van der Waals surface area contributed by atoms with Crippen molar-refractivity contribution in [2.24, 2.45) is 17.3 Å². The molecule has 3 atom stereocenters. The van der Waals surface area contributed by atoms with E-state index >= 15 is 0 Å². The molecule has 2 aliphatic heterocycles. The number of hydrogen-bond donors (Lipinski definition) is 1. The average Bonchev–Trinajstić information content (AvgIpc) is 3.53. The molecule has 0 bridgehead atoms. The van der Waals surface area contributed by atoms with Crippen LogP contribution < -0.4 is 5.32 Å². The van der Waals surface area contributed by atoms with E-state index in [0.717, 1.165) is 44.9 Å². The molecule has 2 amide bonds. The maximum atomic E-state index is 13.3. The molecule has 7 nitrogen and oxygen atoms in total. The predicted molar refractivity (Wildman–Crippen MR) is 125 cm³/mol. The van der Waals surface area contributed by atoms with Gasteiger partial charge in [0.1, 0.15) is 0 Å². The topological polar surface area (TPSA) is 92.8 Å². The van der Waals surface area contributed by atoms with Crippen LogP contribution in [0, 0.1) is 17.3 Å². The number of carbonyl (C=O) groups is 4. The van der Waals surface area contributed by atoms with Crippen molar-refractivity contribution < 1.29 is 23.9 Å². The van der Waals surface area contributed by atoms with Crippen molar-refractivity contribution in [1.29, 1.82) is 0 Å². The van der Waals surface area contributed by atoms with Crippen molar-refractivity contribution in [2.75, 3.05) is 19.8 Å². The van der Waals surface area contributed by atoms with Crippen molar-refractivity contribution in [3.8, 4) is 0 Å². The Bertz CT molecular complexity index is 730. The molecular weight excluding hydrogens is 420 g/mol. The fourth-order valence-electron chi connectivity index (χ4n) is 5.04. The zero-order chi connectivity index (χ0) is 24.0. The van der Waals surface area contributed by atoms with Crippen LogP contribution in [0.15, 0.2) is 0 Å². The minimum absolute atomic E-state index is 0.0418. The van der Waals surface area contributed by atoms with Gasteiger partial charge in [0.15, 0.2) is 11.6 Å². The summed E-state index contributed by atoms with van der Waals surface area (Å²) in [6.45, 7) is 7.34. The lowest BCUT2D eigenvalue weighted by Crippen LogP contribution is -2.50. The first-order chi connectivity index (χ1) is 15.7. The Morgan fingerprint density at radius 2 is 1.88 bits per heavy atom. The Kier molecular flexibility index (Phi) is 9.08. The first-order valence-corrected chi connectivity index (χ1v) is 13.0. The van der Waals surface area contributed by atoms with Crippen molar-refractivity contribution >= 4 is 23.4 Å². The summed E-state index contributed by atoms with van der Waals surface area (Å²) in [5.41, 5.74) is -0.327. The molecule has 0 aromatic carbocycles. The van der Waals surface area contributed by atoms with Gasteiger partial charge < -0.3 is 15.0 Å². The van der Waals surface area contributed by atoms with Gasteiger partial charge in [0.05, 0.1) is 24.6 Å². The molecule has 3 rings (SSSR count). The van der Waals surface area contributed by atoms with Gasteiger partial charge in [-0.2, -0.15) is 0 Å². The standard InChI is InChI=1S/C26H42N2O5/c1-18(2)15-20(24(31)26(3)11-12-26)27-25(32)19-16-22(29)21-9-6-7-13-28(21)23(30)10-5-4-8-14-33-17-19/h18-21H,4-17H2,1-3H3,(H,27,32)/t19-,20-,21-/m0/s1. The van der Waals surface area contributed by atoms with Crippen LogP contribution in [0.1, 0.15) is 91.4 Å². The number of Topliss-reactive ketones (excluding diaryl/α,β-unsaturated/α-hetero) is 2. The number of nitrogens with one attached hydrogen (secondary N) is 1. The highest BCUT2D eigenvalue weighted by molar-refractivity contribution is 5.96. The SMILES string of the molecule is CC(C)C[C@H](NC(=O)[C@@H]1COCCCCCC(=O)N2CCCC[C@H]2C(=O)C1)C(=O)C1(C)CC1. The van der Waals surface area contributed by atoms with Gasteiger partial charge in [0.2, 0.25) is 11.8 Å². The zero-order valence-electron chi connectivity index (χ0n) is 20.7. The number of carbonyl (C=O) groups excluding carboxylic acids is 4. The predicted octanol–water partition coefficient (Wildman–Crippen LogP) is 3.43. The zero-order valence-corrected chi connectivity index (χ0v) is 20.7. The molecule has 1 saturated carbocycles. The van der Waals surface area contributed by atoms with E-state index in [4.69, 9.17) is 4.74 Å². The van der Waals surface area contributed by atoms with Gasteiger partial charge in [0.25, 0.3) is 0 Å². The van der Waals surface area contributed by atoms with Crippen LogP contribution in [0.4, 0.5) is 0 Å². The number of amides is 2. The lowest BCUT2D eigenvalue weighted by atomic mass is 9.89. The fraction of sp³-hybridized carbons (Fsp3) is 0.846. The maximum Gasteiger partial charge on any atom is 0.226 e. The summed E-state index contributed by atoms with van der Waals surface area (Å²) >= 11 is 0. The van der Waals surface area contributed by atoms with Crippen LogP contribution in [0.2, 0.25) is 0 Å². The van der Waals surface area contributed by atoms with E-state index in [1.54, 1.807) is 4.90 Å². The van der Waals surface area contributed by atoms with Crippen LogP contribution in [-0.2, 0) is 23.9 Å². The number of rotatable bonds is 6. The third-order valence-electron chi connectivity index (χ3n) is 7.45. The molecule has 0 unspecified atom stereocenters. The van der Waals surface area contributed by atoms with Gasteiger partial charge in [-0.05, 0) is 57.3 Å². The Morgan fingerprint density at radius 3 is 2.58 bits per heavy atom. The molecule has 33 heavy (non-hydrogen) atoms. The second kappa shape index (κ2) is 11.6. The van der Waals surface area contributed by atoms with E-state index in [1.807, 2.05) is 20.8 Å². The summed E-state index contributed by atoms with van der Waals surface area (Å²) in [5.74, 6) is -0.574. The van der Waals surface area contributed by atoms with Crippen LogP contribution in [0.3, 0.4) is 0 Å². The molecule has 1 aliphatic carbocycles. The normalized spacial score (nSPS) is 27.6. The van der Waals surface area contributed by atoms with Crippen molar-refractivity contribution in [1.82, 2.24) is 10.2 Å². The van der Waals surface area contributed by atoms with Gasteiger partial charge in [-0.15, -0.1) is 0 Å². The van der Waals surface area contributed by atoms with Crippen molar-refractivity contribution in [3.63, 3.8) is 0 Å². The monoisotopic (exact) mass is 462 g/mol. The van der Waals surface area contributed by atoms with E-state index in [2.05, 4.69) is 5.32 Å². The number of ketones is 2. The number of nitrogens with zero attached hydrogens (tertiary/aromatic N) is 1. The van der Waals surface area contributed by atoms with Crippen LogP contribution in [0.5, 0.6) is 0 Å². The van der Waals surface area contributed by atoms with Crippen LogP contribution >= 0.6 is 0 Å². The van der Waals surface area contributed by atoms with Gasteiger partial charge in [-0.3, -0.25) is 19.2 Å². The van der Waals surface area contributed by atoms with E-state index < -0.39 is 18.0 Å². The summed E-state index contributed by atoms with van der Waals surface area (Å²) in [4.78, 5) is 54.2. The largest absolute Gasteiger partial charge is 0.381 e. The smallest absolute Gasteiger partial charge is 0.226 e. The molecule has 0 aromatic heterocycles. The first kappa shape index (κ1) is 25.9. The lowest BCUT2D eigenvalue weighted by Gasteiger charge is -2.35. The number of piperidine rings is 1. The highest BCUT2D eigenvalue weighted by Crippen LogP contribution is 2.47. The molecule has 0 spiro atoms. The van der Waals surface area contributed by atoms with E-state index in [-0.39, 0.29) is 47.7 Å². The second-order valence-corrected chi connectivity index (χ2v) is 11.0. The Labute approximate surface area is 198 Å². The van der Waals surface area contributed by atoms with Crippen LogP contribution in [0.25, 0.3) is 0 Å². The van der Waals surface area contributed by atoms with Gasteiger partial charge in [0, 0.05) is 31.4 Å². The molecule has 1 N–H and O–H groups in total. The molecule has 2 saturated heterocycles. The highest BCUT2D eigenvalue weighted by atomic mass is 16.5. The quantitative estimate of drug-likeness (QED) is 0.653. The number of fused-ring (bicyclic) bond motifs is 1. The molecular formula is C26H42N2O5. The fourth-order valence-corrected chi connectivity index (χ4v) is 5.04. The maximum absolute atomic E-state index is 13.3. The number of ether oxygens (including phenoxy) is 1. The van der Waals surface area contributed by atoms with Crippen LogP contribution in [-0.4, -0.2) is 60.1 Å². The minimum atomic E-state index is -0.647. The van der Waals surface area contributed by atoms with E-state index in [1.165, 1.54) is 0 Å². The van der Waals surface area contributed by atoms with Gasteiger partial charge in [-0.25, -0.2) is 0 Å². The third kappa shape index (κ3) is 7.11. The molecule has 0 radical (unpaired) electrons.